The van der Waals surface area contributed by atoms with E-state index in [1.54, 1.807) is 6.20 Å². The normalized spacial score (nSPS) is 18.7. The van der Waals surface area contributed by atoms with E-state index in [2.05, 4.69) is 15.6 Å². The Morgan fingerprint density at radius 1 is 1.21 bits per heavy atom. The van der Waals surface area contributed by atoms with Gasteiger partial charge in [-0.3, -0.25) is 9.78 Å². The summed E-state index contributed by atoms with van der Waals surface area (Å²) >= 11 is 0. The second-order valence-corrected chi connectivity index (χ2v) is 6.05. The van der Waals surface area contributed by atoms with Gasteiger partial charge in [0.05, 0.1) is 0 Å². The van der Waals surface area contributed by atoms with Gasteiger partial charge in [-0.1, -0.05) is 31.2 Å². The number of hydrogen-bond acceptors (Lipinski definition) is 4. The van der Waals surface area contributed by atoms with E-state index in [-0.39, 0.29) is 11.8 Å². The molecule has 1 aliphatic heterocycles. The van der Waals surface area contributed by atoms with Gasteiger partial charge in [0, 0.05) is 37.0 Å². The van der Waals surface area contributed by atoms with Gasteiger partial charge in [-0.05, 0) is 30.7 Å². The maximum Gasteiger partial charge on any atom is 0.261 e. The number of nitrogens with zero attached hydrogens (tertiary/aromatic N) is 1. The van der Waals surface area contributed by atoms with Crippen LogP contribution < -0.4 is 15.4 Å². The minimum absolute atomic E-state index is 0.0361. The van der Waals surface area contributed by atoms with E-state index in [1.165, 1.54) is 0 Å². The first-order chi connectivity index (χ1) is 11.8. The third kappa shape index (κ3) is 3.92. The highest BCUT2D eigenvalue weighted by molar-refractivity contribution is 5.83. The molecule has 126 valence electrons. The van der Waals surface area contributed by atoms with Crippen LogP contribution in [-0.2, 0) is 11.3 Å². The van der Waals surface area contributed by atoms with Crippen molar-refractivity contribution in [3.05, 3.63) is 59.9 Å². The first-order valence-electron chi connectivity index (χ1n) is 8.38. The molecule has 2 heterocycles. The second kappa shape index (κ2) is 7.93. The predicted octanol–water partition coefficient (Wildman–Crippen LogP) is 2.24. The molecule has 1 aromatic heterocycles. The summed E-state index contributed by atoms with van der Waals surface area (Å²) in [6.07, 6.45) is 4.07. The maximum absolute atomic E-state index is 12.3. The van der Waals surface area contributed by atoms with Gasteiger partial charge >= 0.3 is 0 Å². The van der Waals surface area contributed by atoms with Crippen LogP contribution in [0.25, 0.3) is 0 Å². The molecule has 0 fully saturated rings. The first-order valence-corrected chi connectivity index (χ1v) is 8.38. The smallest absolute Gasteiger partial charge is 0.261 e. The van der Waals surface area contributed by atoms with Crippen LogP contribution in [0.5, 0.6) is 5.75 Å². The molecule has 2 atom stereocenters. The van der Waals surface area contributed by atoms with Crippen LogP contribution in [0.1, 0.15) is 30.4 Å². The number of benzene rings is 1. The average molecular weight is 325 g/mol. The Labute approximate surface area is 142 Å². The minimum Gasteiger partial charge on any atom is -0.480 e. The number of carbonyl (C=O) groups excluding carboxylic acids is 1. The lowest BCUT2D eigenvalue weighted by atomic mass is 9.97. The molecule has 2 N–H and O–H groups in total. The molecule has 1 aromatic carbocycles. The molecule has 24 heavy (non-hydrogen) atoms. The van der Waals surface area contributed by atoms with Crippen LogP contribution in [0.4, 0.5) is 0 Å². The molecule has 0 saturated heterocycles. The quantitative estimate of drug-likeness (QED) is 0.767. The molecule has 1 amide bonds. The Balaban J connectivity index is 1.35. The molecule has 0 radical (unpaired) electrons. The van der Waals surface area contributed by atoms with E-state index in [1.807, 2.05) is 49.5 Å². The summed E-state index contributed by atoms with van der Waals surface area (Å²) in [5.41, 5.74) is 2.27. The molecular formula is C19H23N3O2. The third-order valence-corrected chi connectivity index (χ3v) is 4.26. The molecule has 2 aromatic rings. The van der Waals surface area contributed by atoms with Crippen molar-refractivity contribution in [2.75, 3.05) is 13.1 Å². The van der Waals surface area contributed by atoms with Crippen LogP contribution in [0, 0.1) is 0 Å². The van der Waals surface area contributed by atoms with Crippen molar-refractivity contribution in [3.63, 3.8) is 0 Å². The van der Waals surface area contributed by atoms with Gasteiger partial charge in [0.15, 0.2) is 6.10 Å². The number of amides is 1. The summed E-state index contributed by atoms with van der Waals surface area (Å²) in [4.78, 5) is 16.4. The molecule has 0 spiro atoms. The zero-order valence-corrected chi connectivity index (χ0v) is 13.9. The standard InChI is InChI=1S/C19H23N3O2/c1-14-16-7-2-3-8-17(16)24-18(14)19(23)22-11-5-10-21-13-15-6-4-9-20-12-15/h2-4,6-9,12,14,18,21H,5,10-11,13H2,1H3,(H,22,23). The summed E-state index contributed by atoms with van der Waals surface area (Å²) in [6, 6.07) is 11.8. The number of hydrogen-bond donors (Lipinski definition) is 2. The van der Waals surface area contributed by atoms with Crippen molar-refractivity contribution in [2.45, 2.75) is 31.9 Å². The molecule has 2 unspecified atom stereocenters. The molecule has 5 nitrogen and oxygen atoms in total. The Morgan fingerprint density at radius 3 is 2.88 bits per heavy atom. The number of carbonyl (C=O) groups is 1. The topological polar surface area (TPSA) is 63.2 Å². The number of aromatic nitrogens is 1. The van der Waals surface area contributed by atoms with Gasteiger partial charge in [0.25, 0.3) is 5.91 Å². The van der Waals surface area contributed by atoms with Gasteiger partial charge in [-0.15, -0.1) is 0 Å². The largest absolute Gasteiger partial charge is 0.480 e. The van der Waals surface area contributed by atoms with Crippen molar-refractivity contribution in [2.24, 2.45) is 0 Å². The number of fused-ring (bicyclic) bond motifs is 1. The summed E-state index contributed by atoms with van der Waals surface area (Å²) in [7, 11) is 0. The van der Waals surface area contributed by atoms with Crippen LogP contribution >= 0.6 is 0 Å². The van der Waals surface area contributed by atoms with Gasteiger partial charge in [-0.2, -0.15) is 0 Å². The molecule has 0 saturated carbocycles. The van der Waals surface area contributed by atoms with Crippen LogP contribution in [0.2, 0.25) is 0 Å². The molecular weight excluding hydrogens is 302 g/mol. The molecule has 1 aliphatic rings. The monoisotopic (exact) mass is 325 g/mol. The van der Waals surface area contributed by atoms with E-state index < -0.39 is 6.10 Å². The minimum atomic E-state index is -0.425. The van der Waals surface area contributed by atoms with Crippen LogP contribution in [-0.4, -0.2) is 30.1 Å². The van der Waals surface area contributed by atoms with E-state index in [0.717, 1.165) is 36.4 Å². The fraction of sp³-hybridized carbons (Fsp3) is 0.368. The predicted molar refractivity (Wildman–Crippen MR) is 92.8 cm³/mol. The number of rotatable bonds is 7. The molecule has 0 bridgehead atoms. The summed E-state index contributed by atoms with van der Waals surface area (Å²) < 4.78 is 5.78. The van der Waals surface area contributed by atoms with Crippen molar-refractivity contribution < 1.29 is 9.53 Å². The lowest BCUT2D eigenvalue weighted by Crippen LogP contribution is -2.39. The Kier molecular flexibility index (Phi) is 5.43. The van der Waals surface area contributed by atoms with Crippen molar-refractivity contribution >= 4 is 5.91 Å². The van der Waals surface area contributed by atoms with Crippen molar-refractivity contribution in [1.82, 2.24) is 15.6 Å². The zero-order valence-electron chi connectivity index (χ0n) is 13.9. The Morgan fingerprint density at radius 2 is 2.08 bits per heavy atom. The SMILES string of the molecule is CC1c2ccccc2OC1C(=O)NCCCNCc1cccnc1. The maximum atomic E-state index is 12.3. The fourth-order valence-electron chi connectivity index (χ4n) is 2.91. The fourth-order valence-corrected chi connectivity index (χ4v) is 2.91. The van der Waals surface area contributed by atoms with Gasteiger partial charge in [-0.25, -0.2) is 0 Å². The first kappa shape index (κ1) is 16.5. The van der Waals surface area contributed by atoms with Crippen LogP contribution in [0.3, 0.4) is 0 Å². The Bertz CT molecular complexity index is 675. The second-order valence-electron chi connectivity index (χ2n) is 6.05. The lowest BCUT2D eigenvalue weighted by Gasteiger charge is -2.15. The zero-order chi connectivity index (χ0) is 16.8. The highest BCUT2D eigenvalue weighted by atomic mass is 16.5. The summed E-state index contributed by atoms with van der Waals surface area (Å²) in [5.74, 6) is 0.874. The number of ether oxygens (including phenoxy) is 1. The van der Waals surface area contributed by atoms with Crippen LogP contribution in [0.15, 0.2) is 48.8 Å². The van der Waals surface area contributed by atoms with E-state index >= 15 is 0 Å². The lowest BCUT2D eigenvalue weighted by molar-refractivity contribution is -0.127. The third-order valence-electron chi connectivity index (χ3n) is 4.26. The number of para-hydroxylation sites is 1. The highest BCUT2D eigenvalue weighted by Gasteiger charge is 2.35. The van der Waals surface area contributed by atoms with Crippen molar-refractivity contribution in [3.8, 4) is 5.75 Å². The van der Waals surface area contributed by atoms with E-state index in [4.69, 9.17) is 4.74 Å². The summed E-state index contributed by atoms with van der Waals surface area (Å²) in [6.45, 7) is 4.31. The highest BCUT2D eigenvalue weighted by Crippen LogP contribution is 2.37. The molecule has 3 rings (SSSR count). The van der Waals surface area contributed by atoms with Gasteiger partial charge in [0.2, 0.25) is 0 Å². The number of nitrogens with one attached hydrogen (secondary N) is 2. The average Bonchev–Trinajstić information content (AvgIpc) is 2.96. The van der Waals surface area contributed by atoms with Crippen molar-refractivity contribution in [1.29, 1.82) is 0 Å². The molecule has 0 aliphatic carbocycles. The number of pyridine rings is 1. The van der Waals surface area contributed by atoms with E-state index in [9.17, 15) is 4.79 Å². The van der Waals surface area contributed by atoms with Gasteiger partial charge in [0.1, 0.15) is 5.75 Å². The summed E-state index contributed by atoms with van der Waals surface area (Å²) in [5, 5.41) is 6.32. The Hall–Kier alpha value is -2.40. The van der Waals surface area contributed by atoms with Gasteiger partial charge < -0.3 is 15.4 Å². The molecule has 5 heteroatoms. The van der Waals surface area contributed by atoms with E-state index in [0.29, 0.717) is 6.54 Å².